The molecule has 116 valence electrons. The predicted molar refractivity (Wildman–Crippen MR) is 85.3 cm³/mol. The Bertz CT molecular complexity index is 409. The van der Waals surface area contributed by atoms with Crippen molar-refractivity contribution in [1.82, 2.24) is 14.9 Å². The third-order valence-electron chi connectivity index (χ3n) is 3.58. The van der Waals surface area contributed by atoms with Crippen molar-refractivity contribution in [3.05, 3.63) is 10.6 Å². The molecule has 5 heteroatoms. The SMILES string of the molecule is CCNC(CCC(C)(C)OC)c1snnc1C(C)(C)C. The summed E-state index contributed by atoms with van der Waals surface area (Å²) >= 11 is 1.52. The Morgan fingerprint density at radius 1 is 1.25 bits per heavy atom. The molecule has 0 aliphatic carbocycles. The van der Waals surface area contributed by atoms with Crippen molar-refractivity contribution in [3.63, 3.8) is 0 Å². The lowest BCUT2D eigenvalue weighted by Gasteiger charge is -2.27. The van der Waals surface area contributed by atoms with Crippen molar-refractivity contribution in [2.75, 3.05) is 13.7 Å². The molecule has 1 unspecified atom stereocenters. The van der Waals surface area contributed by atoms with Crippen LogP contribution in [0.4, 0.5) is 0 Å². The van der Waals surface area contributed by atoms with E-state index in [2.05, 4.69) is 56.4 Å². The maximum absolute atomic E-state index is 5.53. The summed E-state index contributed by atoms with van der Waals surface area (Å²) in [6, 6.07) is 0.309. The van der Waals surface area contributed by atoms with E-state index in [9.17, 15) is 0 Å². The van der Waals surface area contributed by atoms with Gasteiger partial charge in [0.1, 0.15) is 0 Å². The number of rotatable bonds is 7. The fourth-order valence-corrected chi connectivity index (χ4v) is 3.08. The summed E-state index contributed by atoms with van der Waals surface area (Å²) in [4.78, 5) is 1.27. The van der Waals surface area contributed by atoms with E-state index in [-0.39, 0.29) is 11.0 Å². The van der Waals surface area contributed by atoms with Crippen molar-refractivity contribution in [1.29, 1.82) is 0 Å². The summed E-state index contributed by atoms with van der Waals surface area (Å²) in [5, 5.41) is 7.92. The number of aromatic nitrogens is 2. The molecule has 0 aliphatic heterocycles. The van der Waals surface area contributed by atoms with Crippen LogP contribution in [0, 0.1) is 0 Å². The fraction of sp³-hybridized carbons (Fsp3) is 0.867. The Kier molecular flexibility index (Phi) is 6.10. The summed E-state index contributed by atoms with van der Waals surface area (Å²) in [7, 11) is 1.77. The molecule has 1 rings (SSSR count). The van der Waals surface area contributed by atoms with Gasteiger partial charge in [0.2, 0.25) is 0 Å². The highest BCUT2D eigenvalue weighted by atomic mass is 32.1. The highest BCUT2D eigenvalue weighted by Crippen LogP contribution is 2.33. The maximum atomic E-state index is 5.53. The van der Waals surface area contributed by atoms with Crippen LogP contribution in [0.25, 0.3) is 0 Å². The first-order valence-electron chi connectivity index (χ1n) is 7.32. The topological polar surface area (TPSA) is 47.0 Å². The number of methoxy groups -OCH3 is 1. The van der Waals surface area contributed by atoms with Gasteiger partial charge in [-0.1, -0.05) is 32.2 Å². The number of hydrogen-bond acceptors (Lipinski definition) is 5. The predicted octanol–water partition coefficient (Wildman–Crippen LogP) is 3.69. The van der Waals surface area contributed by atoms with Crippen LogP contribution in [0.5, 0.6) is 0 Å². The average molecular weight is 299 g/mol. The van der Waals surface area contributed by atoms with Gasteiger partial charge in [0.15, 0.2) is 0 Å². The van der Waals surface area contributed by atoms with Gasteiger partial charge in [0, 0.05) is 18.6 Å². The molecule has 1 heterocycles. The lowest BCUT2D eigenvalue weighted by atomic mass is 9.88. The number of hydrogen-bond donors (Lipinski definition) is 1. The van der Waals surface area contributed by atoms with Gasteiger partial charge in [-0.05, 0) is 44.8 Å². The Balaban J connectivity index is 2.89. The van der Waals surface area contributed by atoms with Crippen LogP contribution in [0.1, 0.15) is 71.0 Å². The zero-order valence-electron chi connectivity index (χ0n) is 13.9. The second-order valence-corrected chi connectivity index (χ2v) is 7.63. The molecule has 20 heavy (non-hydrogen) atoms. The Morgan fingerprint density at radius 3 is 2.40 bits per heavy atom. The highest BCUT2D eigenvalue weighted by molar-refractivity contribution is 7.05. The Hall–Kier alpha value is -0.520. The van der Waals surface area contributed by atoms with Crippen LogP contribution in [-0.2, 0) is 10.2 Å². The smallest absolute Gasteiger partial charge is 0.0857 e. The third kappa shape index (κ3) is 4.79. The Labute approximate surface area is 127 Å². The zero-order chi connectivity index (χ0) is 15.4. The minimum absolute atomic E-state index is 0.0345. The summed E-state index contributed by atoms with van der Waals surface area (Å²) in [5.74, 6) is 0. The van der Waals surface area contributed by atoms with Crippen LogP contribution >= 0.6 is 11.5 Å². The summed E-state index contributed by atoms with van der Waals surface area (Å²) < 4.78 is 9.70. The largest absolute Gasteiger partial charge is 0.379 e. The summed E-state index contributed by atoms with van der Waals surface area (Å²) in [6.07, 6.45) is 2.03. The van der Waals surface area contributed by atoms with Gasteiger partial charge in [-0.25, -0.2) is 0 Å². The second kappa shape index (κ2) is 6.96. The van der Waals surface area contributed by atoms with Gasteiger partial charge in [-0.2, -0.15) is 0 Å². The van der Waals surface area contributed by atoms with Crippen LogP contribution in [0.15, 0.2) is 0 Å². The van der Waals surface area contributed by atoms with Crippen LogP contribution < -0.4 is 5.32 Å². The van der Waals surface area contributed by atoms with Crippen molar-refractivity contribution in [2.45, 2.75) is 71.4 Å². The van der Waals surface area contributed by atoms with E-state index in [1.807, 2.05) is 0 Å². The van der Waals surface area contributed by atoms with Crippen LogP contribution in [0.3, 0.4) is 0 Å². The molecule has 0 aliphatic rings. The first kappa shape index (κ1) is 17.5. The molecule has 1 atom stereocenters. The van der Waals surface area contributed by atoms with Crippen molar-refractivity contribution < 1.29 is 4.74 Å². The molecule has 0 spiro atoms. The molecule has 0 fully saturated rings. The standard InChI is InChI=1S/C15H29N3OS/c1-8-16-11(9-10-15(5,6)19-7)12-13(14(2,3)4)17-18-20-12/h11,16H,8-10H2,1-7H3. The van der Waals surface area contributed by atoms with E-state index in [0.29, 0.717) is 6.04 Å². The maximum Gasteiger partial charge on any atom is 0.0857 e. The minimum Gasteiger partial charge on any atom is -0.379 e. The fourth-order valence-electron chi connectivity index (χ4n) is 2.11. The van der Waals surface area contributed by atoms with E-state index in [4.69, 9.17) is 4.74 Å². The van der Waals surface area contributed by atoms with Crippen molar-refractivity contribution >= 4 is 11.5 Å². The molecule has 0 bridgehead atoms. The molecule has 0 amide bonds. The molecular weight excluding hydrogens is 270 g/mol. The molecule has 0 radical (unpaired) electrons. The zero-order valence-corrected chi connectivity index (χ0v) is 14.7. The van der Waals surface area contributed by atoms with Gasteiger partial charge in [0.05, 0.1) is 16.2 Å². The number of ether oxygens (including phenoxy) is 1. The van der Waals surface area contributed by atoms with Crippen molar-refractivity contribution in [2.24, 2.45) is 0 Å². The first-order valence-corrected chi connectivity index (χ1v) is 8.10. The number of nitrogens with zero attached hydrogens (tertiary/aromatic N) is 2. The Morgan fingerprint density at radius 2 is 1.90 bits per heavy atom. The first-order chi connectivity index (χ1) is 9.21. The quantitative estimate of drug-likeness (QED) is 0.834. The number of nitrogens with one attached hydrogen (secondary N) is 1. The van der Waals surface area contributed by atoms with E-state index in [1.54, 1.807) is 7.11 Å². The molecule has 0 aromatic carbocycles. The molecule has 1 aromatic rings. The van der Waals surface area contributed by atoms with Crippen LogP contribution in [-0.4, -0.2) is 28.8 Å². The van der Waals surface area contributed by atoms with Crippen LogP contribution in [0.2, 0.25) is 0 Å². The average Bonchev–Trinajstić information content (AvgIpc) is 2.83. The van der Waals surface area contributed by atoms with Crippen molar-refractivity contribution in [3.8, 4) is 0 Å². The molecule has 1 N–H and O–H groups in total. The molecule has 1 aromatic heterocycles. The summed E-state index contributed by atoms with van der Waals surface area (Å²) in [6.45, 7) is 13.9. The third-order valence-corrected chi connectivity index (χ3v) is 4.42. The van der Waals surface area contributed by atoms with Gasteiger partial charge in [-0.15, -0.1) is 5.10 Å². The highest BCUT2D eigenvalue weighted by Gasteiger charge is 2.28. The second-order valence-electron chi connectivity index (χ2n) is 6.85. The van der Waals surface area contributed by atoms with Gasteiger partial charge in [-0.3, -0.25) is 0 Å². The van der Waals surface area contributed by atoms with E-state index >= 15 is 0 Å². The van der Waals surface area contributed by atoms with Gasteiger partial charge < -0.3 is 10.1 Å². The lowest BCUT2D eigenvalue weighted by molar-refractivity contribution is 0.0117. The van der Waals surface area contributed by atoms with E-state index < -0.39 is 0 Å². The molecule has 0 saturated heterocycles. The molecule has 4 nitrogen and oxygen atoms in total. The minimum atomic E-state index is -0.0896. The van der Waals surface area contributed by atoms with E-state index in [1.165, 1.54) is 16.4 Å². The summed E-state index contributed by atoms with van der Waals surface area (Å²) in [5.41, 5.74) is 1.06. The monoisotopic (exact) mass is 299 g/mol. The van der Waals surface area contributed by atoms with Gasteiger partial charge >= 0.3 is 0 Å². The normalized spacial score (nSPS) is 14.6. The molecular formula is C15H29N3OS. The van der Waals surface area contributed by atoms with E-state index in [0.717, 1.165) is 25.1 Å². The lowest BCUT2D eigenvalue weighted by Crippen LogP contribution is -2.28. The van der Waals surface area contributed by atoms with Gasteiger partial charge in [0.25, 0.3) is 0 Å². The molecule has 0 saturated carbocycles.